The number of carbonyl (C=O) groups is 1. The molecular formula is C18H23N3O3S2. The van der Waals surface area contributed by atoms with Crippen LogP contribution in [-0.4, -0.2) is 36.7 Å². The maximum Gasteiger partial charge on any atom is 0.243 e. The fourth-order valence-corrected chi connectivity index (χ4v) is 5.26. The van der Waals surface area contributed by atoms with Gasteiger partial charge in [0.05, 0.1) is 17.0 Å². The lowest BCUT2D eigenvalue weighted by Gasteiger charge is -2.25. The van der Waals surface area contributed by atoms with Crippen LogP contribution in [0.3, 0.4) is 0 Å². The van der Waals surface area contributed by atoms with Gasteiger partial charge in [0.1, 0.15) is 0 Å². The smallest absolute Gasteiger partial charge is 0.243 e. The first kappa shape index (κ1) is 19.0. The molecule has 0 spiro atoms. The third-order valence-electron chi connectivity index (χ3n) is 4.52. The number of piperidine rings is 1. The van der Waals surface area contributed by atoms with E-state index in [1.807, 2.05) is 13.8 Å². The highest BCUT2D eigenvalue weighted by Gasteiger charge is 2.25. The molecule has 1 aromatic carbocycles. The Morgan fingerprint density at radius 2 is 1.81 bits per heavy atom. The Balaban J connectivity index is 1.64. The van der Waals surface area contributed by atoms with Crippen molar-refractivity contribution in [1.29, 1.82) is 0 Å². The summed E-state index contributed by atoms with van der Waals surface area (Å²) in [6.45, 7) is 5.03. The molecule has 2 aromatic rings. The molecule has 8 heteroatoms. The van der Waals surface area contributed by atoms with Crippen molar-refractivity contribution in [3.05, 3.63) is 40.4 Å². The number of carbonyl (C=O) groups excluding carboxylic acids is 1. The molecule has 0 unspecified atom stereocenters. The molecule has 0 radical (unpaired) electrons. The fourth-order valence-electron chi connectivity index (χ4n) is 2.91. The van der Waals surface area contributed by atoms with Crippen LogP contribution in [0.2, 0.25) is 0 Å². The number of amides is 1. The first-order valence-electron chi connectivity index (χ1n) is 8.69. The highest BCUT2D eigenvalue weighted by atomic mass is 32.2. The molecule has 0 saturated carbocycles. The Bertz CT molecular complexity index is 863. The molecule has 26 heavy (non-hydrogen) atoms. The third kappa shape index (κ3) is 4.31. The van der Waals surface area contributed by atoms with Crippen molar-refractivity contribution in [3.8, 4) is 0 Å². The molecule has 0 bridgehead atoms. The maximum atomic E-state index is 12.6. The minimum atomic E-state index is -3.43. The van der Waals surface area contributed by atoms with Crippen LogP contribution in [0.25, 0.3) is 0 Å². The lowest BCUT2D eigenvalue weighted by atomic mass is 10.1. The lowest BCUT2D eigenvalue weighted by molar-refractivity contribution is -0.115. The quantitative estimate of drug-likeness (QED) is 0.846. The van der Waals surface area contributed by atoms with E-state index >= 15 is 0 Å². The average molecular weight is 394 g/mol. The molecule has 0 aliphatic carbocycles. The predicted octanol–water partition coefficient (Wildman–Crippen LogP) is 3.12. The Labute approximate surface area is 158 Å². The van der Waals surface area contributed by atoms with Crippen molar-refractivity contribution in [3.63, 3.8) is 0 Å². The monoisotopic (exact) mass is 393 g/mol. The molecule has 1 amide bonds. The second-order valence-corrected chi connectivity index (χ2v) is 9.64. The van der Waals surface area contributed by atoms with E-state index in [0.29, 0.717) is 18.2 Å². The number of aromatic nitrogens is 1. The normalized spacial score (nSPS) is 15.8. The van der Waals surface area contributed by atoms with Crippen LogP contribution in [0.4, 0.5) is 5.13 Å². The third-order valence-corrected chi connectivity index (χ3v) is 7.42. The molecule has 0 atom stereocenters. The Kier molecular flexibility index (Phi) is 5.74. The van der Waals surface area contributed by atoms with E-state index < -0.39 is 10.0 Å². The largest absolute Gasteiger partial charge is 0.302 e. The number of nitrogens with one attached hydrogen (secondary N) is 1. The summed E-state index contributed by atoms with van der Waals surface area (Å²) >= 11 is 1.45. The molecule has 1 N–H and O–H groups in total. The van der Waals surface area contributed by atoms with Crippen molar-refractivity contribution in [2.45, 2.75) is 44.4 Å². The van der Waals surface area contributed by atoms with Crippen LogP contribution in [0.5, 0.6) is 0 Å². The van der Waals surface area contributed by atoms with Gasteiger partial charge in [-0.05, 0) is 44.4 Å². The highest BCUT2D eigenvalue weighted by molar-refractivity contribution is 7.89. The number of hydrogen-bond acceptors (Lipinski definition) is 5. The number of sulfonamides is 1. The number of benzene rings is 1. The summed E-state index contributed by atoms with van der Waals surface area (Å²) in [5.74, 6) is -0.162. The molecule has 1 aromatic heterocycles. The number of aryl methyl sites for hydroxylation is 2. The molecule has 1 fully saturated rings. The van der Waals surface area contributed by atoms with Gasteiger partial charge in [-0.1, -0.05) is 18.6 Å². The summed E-state index contributed by atoms with van der Waals surface area (Å²) in [7, 11) is -3.43. The summed E-state index contributed by atoms with van der Waals surface area (Å²) in [5.41, 5.74) is 1.68. The first-order chi connectivity index (χ1) is 12.4. The van der Waals surface area contributed by atoms with Gasteiger partial charge in [-0.3, -0.25) is 4.79 Å². The van der Waals surface area contributed by atoms with E-state index in [1.54, 1.807) is 28.6 Å². The van der Waals surface area contributed by atoms with Gasteiger partial charge < -0.3 is 5.32 Å². The molecule has 1 aliphatic rings. The minimum absolute atomic E-state index is 0.162. The number of thiazole rings is 1. The second kappa shape index (κ2) is 7.85. The van der Waals surface area contributed by atoms with Crippen molar-refractivity contribution in [2.75, 3.05) is 18.4 Å². The van der Waals surface area contributed by atoms with Gasteiger partial charge in [0.15, 0.2) is 5.13 Å². The van der Waals surface area contributed by atoms with Gasteiger partial charge in [0, 0.05) is 18.0 Å². The number of anilines is 1. The molecule has 3 rings (SSSR count). The van der Waals surface area contributed by atoms with Gasteiger partial charge in [0.2, 0.25) is 15.9 Å². The summed E-state index contributed by atoms with van der Waals surface area (Å²) in [5, 5.41) is 3.38. The summed E-state index contributed by atoms with van der Waals surface area (Å²) in [6, 6.07) is 6.58. The van der Waals surface area contributed by atoms with Crippen LogP contribution in [0.15, 0.2) is 29.2 Å². The zero-order valence-electron chi connectivity index (χ0n) is 15.0. The summed E-state index contributed by atoms with van der Waals surface area (Å²) in [6.07, 6.45) is 3.08. The van der Waals surface area contributed by atoms with Gasteiger partial charge >= 0.3 is 0 Å². The molecule has 140 valence electrons. The van der Waals surface area contributed by atoms with Gasteiger partial charge in [-0.25, -0.2) is 13.4 Å². The number of nitrogens with zero attached hydrogens (tertiary/aromatic N) is 2. The van der Waals surface area contributed by atoms with Crippen LogP contribution in [0, 0.1) is 13.8 Å². The Morgan fingerprint density at radius 1 is 1.15 bits per heavy atom. The topological polar surface area (TPSA) is 79.4 Å². The fraction of sp³-hybridized carbons (Fsp3) is 0.444. The Hall–Kier alpha value is -1.77. The predicted molar refractivity (Wildman–Crippen MR) is 103 cm³/mol. The van der Waals surface area contributed by atoms with Gasteiger partial charge in [-0.15, -0.1) is 11.3 Å². The van der Waals surface area contributed by atoms with Crippen LogP contribution in [0.1, 0.15) is 35.4 Å². The van der Waals surface area contributed by atoms with Gasteiger partial charge in [-0.2, -0.15) is 4.31 Å². The van der Waals surface area contributed by atoms with Crippen molar-refractivity contribution in [1.82, 2.24) is 9.29 Å². The number of hydrogen-bond donors (Lipinski definition) is 1. The van der Waals surface area contributed by atoms with E-state index in [4.69, 9.17) is 0 Å². The zero-order valence-corrected chi connectivity index (χ0v) is 16.6. The van der Waals surface area contributed by atoms with Crippen molar-refractivity contribution in [2.24, 2.45) is 0 Å². The van der Waals surface area contributed by atoms with E-state index in [0.717, 1.165) is 35.4 Å². The van der Waals surface area contributed by atoms with Crippen molar-refractivity contribution >= 4 is 32.4 Å². The highest BCUT2D eigenvalue weighted by Crippen LogP contribution is 2.22. The van der Waals surface area contributed by atoms with E-state index in [9.17, 15) is 13.2 Å². The molecule has 1 aliphatic heterocycles. The standard InChI is InChI=1S/C18H23N3O3S2/c1-13-14(2)25-18(19-13)20-17(22)12-15-6-8-16(9-7-15)26(23,24)21-10-4-3-5-11-21/h6-9H,3-5,10-12H2,1-2H3,(H,19,20,22). The van der Waals surface area contributed by atoms with Crippen LogP contribution < -0.4 is 5.32 Å². The lowest BCUT2D eigenvalue weighted by Crippen LogP contribution is -2.35. The second-order valence-electron chi connectivity index (χ2n) is 6.49. The van der Waals surface area contributed by atoms with Crippen molar-refractivity contribution < 1.29 is 13.2 Å². The summed E-state index contributed by atoms with van der Waals surface area (Å²) in [4.78, 5) is 17.8. The minimum Gasteiger partial charge on any atom is -0.302 e. The SMILES string of the molecule is Cc1nc(NC(=O)Cc2ccc(S(=O)(=O)N3CCCCC3)cc2)sc1C. The molecular weight excluding hydrogens is 370 g/mol. The number of rotatable bonds is 5. The van der Waals surface area contributed by atoms with Crippen LogP contribution >= 0.6 is 11.3 Å². The molecule has 2 heterocycles. The van der Waals surface area contributed by atoms with Gasteiger partial charge in [0.25, 0.3) is 0 Å². The first-order valence-corrected chi connectivity index (χ1v) is 10.9. The average Bonchev–Trinajstić information content (AvgIpc) is 2.93. The Morgan fingerprint density at radius 3 is 2.38 bits per heavy atom. The van der Waals surface area contributed by atoms with Crippen LogP contribution in [-0.2, 0) is 21.2 Å². The molecule has 1 saturated heterocycles. The molecule has 6 nitrogen and oxygen atoms in total. The van der Waals surface area contributed by atoms with E-state index in [1.165, 1.54) is 11.3 Å². The summed E-state index contributed by atoms with van der Waals surface area (Å²) < 4.78 is 26.8. The van der Waals surface area contributed by atoms with E-state index in [2.05, 4.69) is 10.3 Å². The maximum absolute atomic E-state index is 12.6. The van der Waals surface area contributed by atoms with E-state index in [-0.39, 0.29) is 17.2 Å². The zero-order chi connectivity index (χ0) is 18.7.